The molecule has 0 saturated heterocycles. The number of allylic oxidation sites excluding steroid dienone is 2. The Hall–Kier alpha value is -0.260. The van der Waals surface area contributed by atoms with Crippen molar-refractivity contribution in [3.8, 4) is 0 Å². The van der Waals surface area contributed by atoms with Crippen molar-refractivity contribution in [2.45, 2.75) is 55.4 Å². The van der Waals surface area contributed by atoms with E-state index in [1.54, 1.807) is 0 Å². The molecule has 0 spiro atoms. The summed E-state index contributed by atoms with van der Waals surface area (Å²) >= 11 is 0. The van der Waals surface area contributed by atoms with Crippen LogP contribution in [0.2, 0.25) is 0 Å². The molecule has 0 radical (unpaired) electrons. The normalized spacial score (nSPS) is 64.3. The lowest BCUT2D eigenvalue weighted by atomic mass is 9.50. The molecule has 24 heavy (non-hydrogen) atoms. The van der Waals surface area contributed by atoms with Gasteiger partial charge in [0.05, 0.1) is 0 Å². The van der Waals surface area contributed by atoms with Gasteiger partial charge >= 0.3 is 0 Å². The summed E-state index contributed by atoms with van der Waals surface area (Å²) in [6, 6.07) is 0. The Morgan fingerprint density at radius 2 is 0.875 bits per heavy atom. The summed E-state index contributed by atoms with van der Waals surface area (Å²) in [7, 11) is 0. The molecule has 5 aliphatic carbocycles. The molecule has 0 N–H and O–H groups in total. The van der Waals surface area contributed by atoms with Gasteiger partial charge in [-0.15, -0.1) is 0 Å². The van der Waals surface area contributed by atoms with E-state index in [4.69, 9.17) is 0 Å². The van der Waals surface area contributed by atoms with E-state index in [0.717, 1.165) is 71.0 Å². The van der Waals surface area contributed by atoms with Crippen molar-refractivity contribution >= 4 is 0 Å². The second kappa shape index (κ2) is 4.34. The third-order valence-corrected chi connectivity index (χ3v) is 10.9. The van der Waals surface area contributed by atoms with Crippen LogP contribution in [0.25, 0.3) is 0 Å². The van der Waals surface area contributed by atoms with Crippen molar-refractivity contribution in [1.82, 2.24) is 0 Å². The fourth-order valence-electron chi connectivity index (χ4n) is 10.3. The lowest BCUT2D eigenvalue weighted by Gasteiger charge is -2.55. The van der Waals surface area contributed by atoms with E-state index in [9.17, 15) is 0 Å². The van der Waals surface area contributed by atoms with E-state index in [1.807, 2.05) is 0 Å². The highest BCUT2D eigenvalue weighted by molar-refractivity contribution is 5.27. The molecule has 0 nitrogen and oxygen atoms in total. The molecule has 0 aromatic heterocycles. The molecule has 0 aromatic rings. The van der Waals surface area contributed by atoms with Crippen LogP contribution in [0, 0.1) is 81.8 Å². The van der Waals surface area contributed by atoms with Crippen LogP contribution < -0.4 is 0 Å². The maximum absolute atomic E-state index is 2.67. The van der Waals surface area contributed by atoms with E-state index in [-0.39, 0.29) is 0 Å². The van der Waals surface area contributed by atoms with Crippen LogP contribution in [0.15, 0.2) is 12.2 Å². The van der Waals surface area contributed by atoms with Crippen LogP contribution in [0.1, 0.15) is 55.4 Å². The van der Waals surface area contributed by atoms with Gasteiger partial charge in [-0.2, -0.15) is 0 Å². The van der Waals surface area contributed by atoms with Gasteiger partial charge in [0.25, 0.3) is 0 Å². The van der Waals surface area contributed by atoms with Gasteiger partial charge in [0.1, 0.15) is 0 Å². The summed E-state index contributed by atoms with van der Waals surface area (Å²) in [4.78, 5) is 0. The first kappa shape index (κ1) is 16.0. The summed E-state index contributed by atoms with van der Waals surface area (Å²) in [6.07, 6.45) is 5.25. The molecule has 0 amide bonds. The lowest BCUT2D eigenvalue weighted by Crippen LogP contribution is -2.50. The molecule has 0 aliphatic heterocycles. The number of fused-ring (bicyclic) bond motifs is 10. The van der Waals surface area contributed by atoms with Crippen LogP contribution in [-0.4, -0.2) is 0 Å². The van der Waals surface area contributed by atoms with Crippen LogP contribution in [0.4, 0.5) is 0 Å². The predicted molar refractivity (Wildman–Crippen MR) is 101 cm³/mol. The van der Waals surface area contributed by atoms with Gasteiger partial charge in [0, 0.05) is 0 Å². The minimum atomic E-state index is 0.516. The SMILES string of the molecule is CC1C2C(C(C)C3C1C1C(C)C(C)C3C1(C)C)C1C=CC2C1(C)C. The van der Waals surface area contributed by atoms with Crippen molar-refractivity contribution < 1.29 is 0 Å². The monoisotopic (exact) mass is 326 g/mol. The van der Waals surface area contributed by atoms with E-state index in [1.165, 1.54) is 0 Å². The molecule has 4 saturated carbocycles. The van der Waals surface area contributed by atoms with Gasteiger partial charge in [-0.05, 0) is 81.8 Å². The summed E-state index contributed by atoms with van der Waals surface area (Å²) in [5, 5.41) is 0. The molecule has 12 unspecified atom stereocenters. The number of hydrogen-bond donors (Lipinski definition) is 0. The summed E-state index contributed by atoms with van der Waals surface area (Å²) in [6.45, 7) is 20.9. The van der Waals surface area contributed by atoms with Gasteiger partial charge in [-0.25, -0.2) is 0 Å². The zero-order chi connectivity index (χ0) is 17.3. The van der Waals surface area contributed by atoms with Gasteiger partial charge in [-0.3, -0.25) is 0 Å². The lowest BCUT2D eigenvalue weighted by molar-refractivity contribution is -0.0650. The Labute approximate surface area is 149 Å². The quantitative estimate of drug-likeness (QED) is 0.469. The maximum atomic E-state index is 2.67. The third-order valence-electron chi connectivity index (χ3n) is 10.9. The zero-order valence-electron chi connectivity index (χ0n) is 17.1. The molecule has 134 valence electrons. The number of hydrogen-bond acceptors (Lipinski definition) is 0. The maximum Gasteiger partial charge on any atom is -0.0142 e. The van der Waals surface area contributed by atoms with Crippen molar-refractivity contribution in [2.75, 3.05) is 0 Å². The van der Waals surface area contributed by atoms with Crippen molar-refractivity contribution in [3.63, 3.8) is 0 Å². The van der Waals surface area contributed by atoms with Gasteiger partial charge in [-0.1, -0.05) is 67.5 Å². The zero-order valence-corrected chi connectivity index (χ0v) is 17.1. The van der Waals surface area contributed by atoms with Crippen LogP contribution in [-0.2, 0) is 0 Å². The standard InChI is InChI=1S/C24H38/c1-11-12(2)22-20-14(4)18-16-10-9-15(23(16,5)6)17(18)13(3)19(20)21(11)24(22,7)8/h9-22H,1-8H3. The van der Waals surface area contributed by atoms with E-state index in [0.29, 0.717) is 10.8 Å². The minimum absolute atomic E-state index is 0.516. The largest absolute Gasteiger partial charge is 0.0843 e. The average Bonchev–Trinajstić information content (AvgIpc) is 3.07. The summed E-state index contributed by atoms with van der Waals surface area (Å²) in [5.41, 5.74) is 1.08. The van der Waals surface area contributed by atoms with Crippen LogP contribution in [0.3, 0.4) is 0 Å². The fraction of sp³-hybridized carbons (Fsp3) is 0.917. The highest BCUT2D eigenvalue weighted by atomic mass is 14.8. The molecule has 12 atom stereocenters. The molecule has 0 aromatic carbocycles. The first-order valence-electron chi connectivity index (χ1n) is 10.8. The molecular formula is C24H38. The topological polar surface area (TPSA) is 0 Å². The predicted octanol–water partition coefficient (Wildman–Crippen LogP) is 6.14. The molecule has 0 heterocycles. The molecule has 5 rings (SSSR count). The second-order valence-corrected chi connectivity index (χ2v) is 11.9. The highest BCUT2D eigenvalue weighted by Gasteiger charge is 2.72. The average molecular weight is 327 g/mol. The van der Waals surface area contributed by atoms with Gasteiger partial charge in [0.15, 0.2) is 0 Å². The van der Waals surface area contributed by atoms with E-state index < -0.39 is 0 Å². The van der Waals surface area contributed by atoms with E-state index in [2.05, 4.69) is 67.5 Å². The third kappa shape index (κ3) is 1.43. The second-order valence-electron chi connectivity index (χ2n) is 11.9. The Morgan fingerprint density at radius 1 is 0.500 bits per heavy atom. The molecule has 4 bridgehead atoms. The summed E-state index contributed by atoms with van der Waals surface area (Å²) < 4.78 is 0. The Balaban J connectivity index is 1.62. The number of rotatable bonds is 0. The Bertz CT molecular complexity index is 547. The first-order valence-corrected chi connectivity index (χ1v) is 10.8. The summed E-state index contributed by atoms with van der Waals surface area (Å²) in [5.74, 6) is 11.3. The minimum Gasteiger partial charge on any atom is -0.0843 e. The highest BCUT2D eigenvalue weighted by Crippen LogP contribution is 2.77. The van der Waals surface area contributed by atoms with Gasteiger partial charge in [0.2, 0.25) is 0 Å². The Kier molecular flexibility index (Phi) is 2.89. The van der Waals surface area contributed by atoms with Crippen molar-refractivity contribution in [3.05, 3.63) is 12.2 Å². The molecule has 0 heteroatoms. The molecular weight excluding hydrogens is 288 g/mol. The van der Waals surface area contributed by atoms with Crippen LogP contribution in [0.5, 0.6) is 0 Å². The molecule has 4 fully saturated rings. The van der Waals surface area contributed by atoms with Crippen LogP contribution >= 0.6 is 0 Å². The fourth-order valence-corrected chi connectivity index (χ4v) is 10.3. The first-order chi connectivity index (χ1) is 11.1. The van der Waals surface area contributed by atoms with Crippen molar-refractivity contribution in [1.29, 1.82) is 0 Å². The van der Waals surface area contributed by atoms with Gasteiger partial charge < -0.3 is 0 Å². The van der Waals surface area contributed by atoms with Crippen molar-refractivity contribution in [2.24, 2.45) is 81.8 Å². The molecule has 5 aliphatic rings. The smallest absolute Gasteiger partial charge is 0.0142 e. The Morgan fingerprint density at radius 3 is 1.25 bits per heavy atom. The van der Waals surface area contributed by atoms with E-state index >= 15 is 0 Å².